The van der Waals surface area contributed by atoms with Gasteiger partial charge in [-0.05, 0) is 28.1 Å². The third-order valence-electron chi connectivity index (χ3n) is 4.06. The minimum atomic E-state index is -0.541. The van der Waals surface area contributed by atoms with E-state index in [0.717, 1.165) is 4.57 Å². The van der Waals surface area contributed by atoms with Gasteiger partial charge < -0.3 is 0 Å². The first-order valence-corrected chi connectivity index (χ1v) is 10.3. The van der Waals surface area contributed by atoms with Gasteiger partial charge in [0.05, 0.1) is 29.9 Å². The molecule has 3 heterocycles. The average molecular weight is 490 g/mol. The molecule has 6 nitrogen and oxygen atoms in total. The second-order valence-electron chi connectivity index (χ2n) is 5.89. The lowest BCUT2D eigenvalue weighted by Gasteiger charge is -2.10. The van der Waals surface area contributed by atoms with E-state index in [-0.39, 0.29) is 13.0 Å². The number of fused-ring (bicyclic) bond motifs is 1. The van der Waals surface area contributed by atoms with Gasteiger partial charge in [0, 0.05) is 32.7 Å². The van der Waals surface area contributed by atoms with E-state index in [1.807, 2.05) is 6.07 Å². The molecule has 0 aromatic carbocycles. The fourth-order valence-electron chi connectivity index (χ4n) is 2.83. The maximum atomic E-state index is 13.2. The van der Waals surface area contributed by atoms with Crippen molar-refractivity contribution < 1.29 is 0 Å². The number of aromatic nitrogens is 3. The molecule has 0 aliphatic carbocycles. The van der Waals surface area contributed by atoms with Gasteiger partial charge in [0.25, 0.3) is 5.56 Å². The lowest BCUT2D eigenvalue weighted by Crippen LogP contribution is -2.38. The highest BCUT2D eigenvalue weighted by molar-refractivity contribution is 9.10. The highest BCUT2D eigenvalue weighted by atomic mass is 79.9. The van der Waals surface area contributed by atoms with Crippen LogP contribution in [-0.2, 0) is 6.54 Å². The molecule has 0 saturated heterocycles. The second kappa shape index (κ2) is 8.74. The molecule has 0 amide bonds. The van der Waals surface area contributed by atoms with Crippen molar-refractivity contribution in [3.8, 4) is 11.8 Å². The van der Waals surface area contributed by atoms with E-state index in [0.29, 0.717) is 35.9 Å². The first-order valence-electron chi connectivity index (χ1n) is 8.34. The van der Waals surface area contributed by atoms with Gasteiger partial charge in [0.2, 0.25) is 0 Å². The van der Waals surface area contributed by atoms with E-state index in [2.05, 4.69) is 34.1 Å². The summed E-state index contributed by atoms with van der Waals surface area (Å²) < 4.78 is 3.48. The van der Waals surface area contributed by atoms with Gasteiger partial charge in [-0.25, -0.2) is 9.36 Å². The van der Waals surface area contributed by atoms with Crippen molar-refractivity contribution in [1.29, 1.82) is 5.26 Å². The van der Waals surface area contributed by atoms with Crippen LogP contribution in [-0.4, -0.2) is 14.1 Å². The Hall–Kier alpha value is -2.73. The summed E-state index contributed by atoms with van der Waals surface area (Å²) in [5.74, 6) is 0. The number of aryl methyl sites for hydroxylation is 1. The van der Waals surface area contributed by atoms with E-state index >= 15 is 0 Å². The molecule has 0 saturated carbocycles. The summed E-state index contributed by atoms with van der Waals surface area (Å²) in [5, 5.41) is 9.30. The van der Waals surface area contributed by atoms with Crippen molar-refractivity contribution in [1.82, 2.24) is 14.1 Å². The van der Waals surface area contributed by atoms with Crippen LogP contribution in [0, 0.1) is 11.3 Å². The Kier molecular flexibility index (Phi) is 6.33. The Labute approximate surface area is 183 Å². The number of hydrogen-bond donors (Lipinski definition) is 0. The molecule has 9 heteroatoms. The molecule has 0 atom stereocenters. The number of thiophene rings is 1. The molecule has 146 valence electrons. The number of pyridine rings is 1. The van der Waals surface area contributed by atoms with Gasteiger partial charge in [-0.3, -0.25) is 14.3 Å². The zero-order valence-electron chi connectivity index (χ0n) is 15.1. The van der Waals surface area contributed by atoms with Crippen LogP contribution in [0.25, 0.3) is 21.5 Å². The highest BCUT2D eigenvalue weighted by Gasteiger charge is 2.19. The molecule has 0 aliphatic heterocycles. The van der Waals surface area contributed by atoms with Gasteiger partial charge >= 0.3 is 5.69 Å². The molecule has 0 radical (unpaired) electrons. The Balaban J connectivity index is 2.41. The van der Waals surface area contributed by atoms with Gasteiger partial charge in [0.1, 0.15) is 4.70 Å². The zero-order chi connectivity index (χ0) is 21.1. The number of nitrogens with zero attached hydrogens (tertiary/aromatic N) is 4. The van der Waals surface area contributed by atoms with Gasteiger partial charge in [-0.15, -0.1) is 11.3 Å². The molecular weight excluding hydrogens is 476 g/mol. The van der Waals surface area contributed by atoms with E-state index in [4.69, 9.17) is 16.9 Å². The average Bonchev–Trinajstić information content (AvgIpc) is 3.11. The van der Waals surface area contributed by atoms with E-state index < -0.39 is 11.2 Å². The number of halogens is 2. The maximum absolute atomic E-state index is 13.2. The number of rotatable bonds is 6. The van der Waals surface area contributed by atoms with Crippen LogP contribution >= 0.6 is 38.9 Å². The summed E-state index contributed by atoms with van der Waals surface area (Å²) in [4.78, 5) is 31.1. The van der Waals surface area contributed by atoms with Crippen molar-refractivity contribution in [2.24, 2.45) is 0 Å². The Bertz CT molecular complexity index is 1330. The molecule has 3 rings (SSSR count). The highest BCUT2D eigenvalue weighted by Crippen LogP contribution is 2.33. The molecule has 29 heavy (non-hydrogen) atoms. The number of nitriles is 1. The molecule has 0 N–H and O–H groups in total. The van der Waals surface area contributed by atoms with Gasteiger partial charge in [0.15, 0.2) is 0 Å². The number of hydrogen-bond acceptors (Lipinski definition) is 5. The molecule has 0 fully saturated rings. The fourth-order valence-corrected chi connectivity index (χ4v) is 4.55. The van der Waals surface area contributed by atoms with Gasteiger partial charge in [-0.1, -0.05) is 36.9 Å². The quantitative estimate of drug-likeness (QED) is 0.474. The van der Waals surface area contributed by atoms with Crippen LogP contribution in [0.1, 0.15) is 11.3 Å². The Morgan fingerprint density at radius 2 is 2.14 bits per heavy atom. The minimum absolute atomic E-state index is 0.118. The molecule has 0 bridgehead atoms. The molecule has 0 aliphatic rings. The first kappa shape index (κ1) is 21.0. The molecular formula is C20H14BrClN4O2S. The van der Waals surface area contributed by atoms with Crippen LogP contribution in [0.3, 0.4) is 0 Å². The monoisotopic (exact) mass is 488 g/mol. The maximum Gasteiger partial charge on any atom is 0.336 e. The van der Waals surface area contributed by atoms with Crippen molar-refractivity contribution in [2.45, 2.75) is 13.0 Å². The summed E-state index contributed by atoms with van der Waals surface area (Å²) in [7, 11) is 0. The number of allylic oxidation sites excluding steroid dienone is 4. The standard InChI is InChI=1S/C20H14BrClN4O2S/c1-3-5-15(12(2)22)17-9-16-18(29-17)19(27)26(14-8-13(21)10-24-11-14)20(28)25(16)7-4-6-23/h3,5,8-11H,1-2,4,7H2/b15-5+. The lowest BCUT2D eigenvalue weighted by molar-refractivity contribution is 0.662. The third-order valence-corrected chi connectivity index (χ3v) is 5.84. The summed E-state index contributed by atoms with van der Waals surface area (Å²) in [6.45, 7) is 7.57. The lowest BCUT2D eigenvalue weighted by atomic mass is 10.2. The summed E-state index contributed by atoms with van der Waals surface area (Å²) in [6, 6.07) is 5.38. The first-order chi connectivity index (χ1) is 13.9. The largest absolute Gasteiger partial charge is 0.336 e. The summed E-state index contributed by atoms with van der Waals surface area (Å²) in [5.41, 5.74) is 0.383. The predicted molar refractivity (Wildman–Crippen MR) is 121 cm³/mol. The van der Waals surface area contributed by atoms with E-state index in [1.165, 1.54) is 22.1 Å². The SMILES string of the molecule is C=C/C=C(\C(=C)Cl)c1cc2c(s1)c(=O)n(-c1cncc(Br)c1)c(=O)n2CCC#N. The Morgan fingerprint density at radius 3 is 2.76 bits per heavy atom. The molecule has 3 aromatic rings. The van der Waals surface area contributed by atoms with Crippen LogP contribution in [0.4, 0.5) is 0 Å². The predicted octanol–water partition coefficient (Wildman–Crippen LogP) is 4.61. The molecule has 0 spiro atoms. The van der Waals surface area contributed by atoms with E-state index in [9.17, 15) is 9.59 Å². The van der Waals surface area contributed by atoms with Crippen LogP contribution in [0.2, 0.25) is 0 Å². The van der Waals surface area contributed by atoms with Crippen molar-refractivity contribution in [3.63, 3.8) is 0 Å². The van der Waals surface area contributed by atoms with Crippen molar-refractivity contribution in [3.05, 3.63) is 85.1 Å². The summed E-state index contributed by atoms with van der Waals surface area (Å²) >= 11 is 10.6. The normalized spacial score (nSPS) is 11.4. The van der Waals surface area contributed by atoms with Crippen LogP contribution in [0.15, 0.2) is 68.9 Å². The van der Waals surface area contributed by atoms with Crippen molar-refractivity contribution in [2.75, 3.05) is 0 Å². The minimum Gasteiger partial charge on any atom is -0.291 e. The van der Waals surface area contributed by atoms with Gasteiger partial charge in [-0.2, -0.15) is 5.26 Å². The third kappa shape index (κ3) is 4.03. The second-order valence-corrected chi connectivity index (χ2v) is 8.31. The fraction of sp³-hybridized carbons (Fsp3) is 0.100. The smallest absolute Gasteiger partial charge is 0.291 e. The molecule has 0 unspecified atom stereocenters. The van der Waals surface area contributed by atoms with Crippen molar-refractivity contribution >= 4 is 54.7 Å². The van der Waals surface area contributed by atoms with E-state index in [1.54, 1.807) is 30.5 Å². The Morgan fingerprint density at radius 1 is 1.38 bits per heavy atom. The molecule has 3 aromatic heterocycles. The zero-order valence-corrected chi connectivity index (χ0v) is 18.2. The summed E-state index contributed by atoms with van der Waals surface area (Å²) in [6.07, 6.45) is 6.37. The van der Waals surface area contributed by atoms with Crippen LogP contribution < -0.4 is 11.2 Å². The topological polar surface area (TPSA) is 80.7 Å². The van der Waals surface area contributed by atoms with Crippen LogP contribution in [0.5, 0.6) is 0 Å².